The van der Waals surface area contributed by atoms with E-state index in [0.717, 1.165) is 31.4 Å². The molecule has 0 bridgehead atoms. The van der Waals surface area contributed by atoms with Gasteiger partial charge in [-0.25, -0.2) is 14.2 Å². The number of rotatable bonds is 6. The molecule has 0 atom stereocenters. The normalized spacial score (nSPS) is 11.6. The molecule has 2 heterocycles. The molecule has 0 radical (unpaired) electrons. The van der Waals surface area contributed by atoms with Crippen molar-refractivity contribution >= 4 is 44.6 Å². The molecular formula is C26H29BrN6O4. The maximum Gasteiger partial charge on any atom is 0.335 e. The Morgan fingerprint density at radius 2 is 1.65 bits per heavy atom. The van der Waals surface area contributed by atoms with E-state index in [-0.39, 0.29) is 11.3 Å². The van der Waals surface area contributed by atoms with E-state index in [2.05, 4.69) is 30.8 Å². The number of nitrogens with zero attached hydrogens (tertiary/aromatic N) is 5. The van der Waals surface area contributed by atoms with E-state index < -0.39 is 17.1 Å². The molecule has 0 aliphatic heterocycles. The van der Waals surface area contributed by atoms with Gasteiger partial charge in [0.05, 0.1) is 28.1 Å². The second kappa shape index (κ2) is 9.89. The highest BCUT2D eigenvalue weighted by molar-refractivity contribution is 9.10. The van der Waals surface area contributed by atoms with Gasteiger partial charge in [0.1, 0.15) is 5.56 Å². The molecule has 0 spiro atoms. The fourth-order valence-corrected chi connectivity index (χ4v) is 4.90. The van der Waals surface area contributed by atoms with Crippen molar-refractivity contribution in [1.82, 2.24) is 18.7 Å². The number of hydrogen-bond acceptors (Lipinski definition) is 6. The van der Waals surface area contributed by atoms with Gasteiger partial charge in [0.25, 0.3) is 5.56 Å². The van der Waals surface area contributed by atoms with Gasteiger partial charge in [0, 0.05) is 37.9 Å². The van der Waals surface area contributed by atoms with Crippen LogP contribution >= 0.6 is 15.9 Å². The molecule has 0 amide bonds. The van der Waals surface area contributed by atoms with Crippen LogP contribution in [0.25, 0.3) is 16.7 Å². The molecule has 0 aliphatic rings. The zero-order valence-corrected chi connectivity index (χ0v) is 23.2. The van der Waals surface area contributed by atoms with Gasteiger partial charge in [-0.1, -0.05) is 15.9 Å². The number of imidazole rings is 1. The van der Waals surface area contributed by atoms with Gasteiger partial charge in [0.2, 0.25) is 5.88 Å². The smallest absolute Gasteiger partial charge is 0.335 e. The molecule has 194 valence electrons. The van der Waals surface area contributed by atoms with E-state index in [4.69, 9.17) is 0 Å². The molecule has 4 rings (SSSR count). The third-order valence-corrected chi connectivity index (χ3v) is 7.72. The first-order valence-electron chi connectivity index (χ1n) is 11.8. The minimum atomic E-state index is -0.758. The number of anilines is 1. The largest absolute Gasteiger partial charge is 0.493 e. The third kappa shape index (κ3) is 4.33. The molecule has 2 N–H and O–H groups in total. The highest BCUT2D eigenvalue weighted by Crippen LogP contribution is 2.33. The molecule has 2 aromatic carbocycles. The predicted octanol–water partition coefficient (Wildman–Crippen LogP) is 3.40. The summed E-state index contributed by atoms with van der Waals surface area (Å²) in [6, 6.07) is 7.15. The van der Waals surface area contributed by atoms with Crippen molar-refractivity contribution < 1.29 is 5.11 Å². The Morgan fingerprint density at radius 1 is 1.03 bits per heavy atom. The summed E-state index contributed by atoms with van der Waals surface area (Å²) in [5.74, 6) is -0.514. The summed E-state index contributed by atoms with van der Waals surface area (Å²) in [6.45, 7) is 9.14. The minimum Gasteiger partial charge on any atom is -0.493 e. The van der Waals surface area contributed by atoms with Crippen molar-refractivity contribution in [2.24, 2.45) is 19.1 Å². The molecule has 0 fully saturated rings. The summed E-state index contributed by atoms with van der Waals surface area (Å²) in [7, 11) is 3.40. The standard InChI is InChI=1S/C26H29BrN6O4/c1-7-32(8-2)20-12-22-21(30(5)26(37)31(22)6)11-18(20)28-13-16-23(34)29-25(36)33(24(16)35)19-10-9-17(27)14(3)15(19)4/h9-13,35H,7-8H2,1-6H3,(H,29,34,36). The average molecular weight is 569 g/mol. The molecule has 0 saturated carbocycles. The van der Waals surface area contributed by atoms with E-state index >= 15 is 0 Å². The van der Waals surface area contributed by atoms with Gasteiger partial charge in [-0.2, -0.15) is 0 Å². The maximum absolute atomic E-state index is 12.7. The third-order valence-electron chi connectivity index (χ3n) is 6.86. The monoisotopic (exact) mass is 568 g/mol. The van der Waals surface area contributed by atoms with E-state index in [0.29, 0.717) is 30.0 Å². The SMILES string of the molecule is CCN(CC)c1cc2c(cc1N=Cc1c(O)n(-c3ccc(Br)c(C)c3C)c(=O)[nH]c1=O)n(C)c(=O)n2C. The zero-order chi connectivity index (χ0) is 27.2. The van der Waals surface area contributed by atoms with Crippen LogP contribution in [0.1, 0.15) is 30.5 Å². The van der Waals surface area contributed by atoms with Crippen LogP contribution in [0, 0.1) is 13.8 Å². The van der Waals surface area contributed by atoms with Crippen LogP contribution in [0.2, 0.25) is 0 Å². The van der Waals surface area contributed by atoms with Crippen molar-refractivity contribution in [2.45, 2.75) is 27.7 Å². The van der Waals surface area contributed by atoms with Crippen molar-refractivity contribution in [3.8, 4) is 11.6 Å². The van der Waals surface area contributed by atoms with E-state index in [9.17, 15) is 19.5 Å². The molecule has 4 aromatic rings. The lowest BCUT2D eigenvalue weighted by atomic mass is 10.1. The Balaban J connectivity index is 1.95. The van der Waals surface area contributed by atoms with Crippen LogP contribution in [-0.2, 0) is 14.1 Å². The average Bonchev–Trinajstić information content (AvgIpc) is 3.07. The van der Waals surface area contributed by atoms with Crippen LogP contribution in [0.4, 0.5) is 11.4 Å². The Morgan fingerprint density at radius 3 is 2.27 bits per heavy atom. The molecule has 10 nitrogen and oxygen atoms in total. The Labute approximate surface area is 221 Å². The first-order chi connectivity index (χ1) is 17.5. The molecule has 2 aromatic heterocycles. The lowest BCUT2D eigenvalue weighted by Gasteiger charge is -2.23. The number of aliphatic imine (C=N–C) groups is 1. The number of aryl methyl sites for hydroxylation is 2. The summed E-state index contributed by atoms with van der Waals surface area (Å²) in [6.07, 6.45) is 1.25. The lowest BCUT2D eigenvalue weighted by Crippen LogP contribution is -2.31. The number of aromatic nitrogens is 4. The van der Waals surface area contributed by atoms with Crippen molar-refractivity contribution in [3.05, 3.63) is 76.8 Å². The second-order valence-electron chi connectivity index (χ2n) is 8.81. The van der Waals surface area contributed by atoms with E-state index in [1.54, 1.807) is 36.9 Å². The topological polar surface area (TPSA) is 118 Å². The molecule has 37 heavy (non-hydrogen) atoms. The van der Waals surface area contributed by atoms with Crippen molar-refractivity contribution in [3.63, 3.8) is 0 Å². The fraction of sp³-hybridized carbons (Fsp3) is 0.308. The van der Waals surface area contributed by atoms with Gasteiger partial charge in [-0.05, 0) is 63.1 Å². The number of halogens is 1. The lowest BCUT2D eigenvalue weighted by molar-refractivity contribution is 0.430. The van der Waals surface area contributed by atoms with E-state index in [1.807, 2.05) is 33.8 Å². The van der Waals surface area contributed by atoms with Crippen LogP contribution in [0.15, 0.2) is 48.1 Å². The first-order valence-corrected chi connectivity index (χ1v) is 12.6. The maximum atomic E-state index is 12.7. The summed E-state index contributed by atoms with van der Waals surface area (Å²) < 4.78 is 5.03. The Hall–Kier alpha value is -3.86. The fourth-order valence-electron chi connectivity index (χ4n) is 4.47. The Kier molecular flexibility index (Phi) is 7.00. The number of nitrogens with one attached hydrogen (secondary N) is 1. The van der Waals surface area contributed by atoms with Gasteiger partial charge < -0.3 is 10.0 Å². The number of fused-ring (bicyclic) bond motifs is 1. The Bertz CT molecular complexity index is 1740. The molecule has 0 unspecified atom stereocenters. The van der Waals surface area contributed by atoms with Gasteiger partial charge >= 0.3 is 11.4 Å². The van der Waals surface area contributed by atoms with Gasteiger partial charge in [-0.15, -0.1) is 0 Å². The summed E-state index contributed by atoms with van der Waals surface area (Å²) in [5, 5.41) is 11.1. The van der Waals surface area contributed by atoms with Crippen LogP contribution in [-0.4, -0.2) is 43.1 Å². The van der Waals surface area contributed by atoms with Crippen LogP contribution in [0.3, 0.4) is 0 Å². The van der Waals surface area contributed by atoms with E-state index in [1.165, 1.54) is 10.8 Å². The summed E-state index contributed by atoms with van der Waals surface area (Å²) in [5.41, 5.74) is 3.00. The van der Waals surface area contributed by atoms with Gasteiger partial charge in [0.15, 0.2) is 0 Å². The predicted molar refractivity (Wildman–Crippen MR) is 150 cm³/mol. The molecule has 0 saturated heterocycles. The number of aromatic hydroxyl groups is 1. The van der Waals surface area contributed by atoms with Gasteiger partial charge in [-0.3, -0.25) is 23.9 Å². The second-order valence-corrected chi connectivity index (χ2v) is 9.66. The van der Waals surface area contributed by atoms with Crippen molar-refractivity contribution in [1.29, 1.82) is 0 Å². The highest BCUT2D eigenvalue weighted by atomic mass is 79.9. The molecular weight excluding hydrogens is 540 g/mol. The van der Waals surface area contributed by atoms with Crippen LogP contribution in [0.5, 0.6) is 5.88 Å². The minimum absolute atomic E-state index is 0.160. The number of benzene rings is 2. The van der Waals surface area contributed by atoms with Crippen molar-refractivity contribution in [2.75, 3.05) is 18.0 Å². The number of H-pyrrole nitrogens is 1. The summed E-state index contributed by atoms with van der Waals surface area (Å²) >= 11 is 3.47. The zero-order valence-electron chi connectivity index (χ0n) is 21.6. The summed E-state index contributed by atoms with van der Waals surface area (Å²) in [4.78, 5) is 46.9. The first kappa shape index (κ1) is 26.2. The number of hydrogen-bond donors (Lipinski definition) is 2. The molecule has 0 aliphatic carbocycles. The number of aromatic amines is 1. The quantitative estimate of drug-likeness (QED) is 0.346. The molecule has 11 heteroatoms. The van der Waals surface area contributed by atoms with Crippen LogP contribution < -0.4 is 21.8 Å². The highest BCUT2D eigenvalue weighted by Gasteiger charge is 2.19.